The molecule has 0 saturated heterocycles. The van der Waals surface area contributed by atoms with Crippen LogP contribution in [-0.2, 0) is 26.9 Å². The van der Waals surface area contributed by atoms with E-state index in [4.69, 9.17) is 0 Å². The number of para-hydroxylation sites is 1. The van der Waals surface area contributed by atoms with Crippen molar-refractivity contribution in [2.45, 2.75) is 24.1 Å². The Morgan fingerprint density at radius 1 is 1.03 bits per heavy atom. The maximum Gasteiger partial charge on any atom is 0.246 e. The van der Waals surface area contributed by atoms with Crippen LogP contribution in [0.5, 0.6) is 0 Å². The molecule has 0 fully saturated rings. The van der Waals surface area contributed by atoms with Crippen LogP contribution in [0, 0.1) is 6.92 Å². The Kier molecular flexibility index (Phi) is 5.47. The van der Waals surface area contributed by atoms with Gasteiger partial charge < -0.3 is 9.88 Å². The molecule has 0 radical (unpaired) electrons. The summed E-state index contributed by atoms with van der Waals surface area (Å²) < 4.78 is 29.1. The molecule has 0 aliphatic heterocycles. The highest BCUT2D eigenvalue weighted by Gasteiger charge is 2.22. The molecule has 2 aromatic heterocycles. The van der Waals surface area contributed by atoms with E-state index >= 15 is 0 Å². The van der Waals surface area contributed by atoms with Gasteiger partial charge in [0.25, 0.3) is 0 Å². The quantitative estimate of drug-likeness (QED) is 0.367. The molecule has 8 heteroatoms. The van der Waals surface area contributed by atoms with Gasteiger partial charge in [0.15, 0.2) is 15.0 Å². The lowest BCUT2D eigenvalue weighted by atomic mass is 10.2. The van der Waals surface area contributed by atoms with Gasteiger partial charge in [0.05, 0.1) is 20.9 Å². The molecule has 5 aromatic rings. The largest absolute Gasteiger partial charge is 0.337 e. The predicted molar refractivity (Wildman–Crippen MR) is 132 cm³/mol. The van der Waals surface area contributed by atoms with Gasteiger partial charge in [-0.2, -0.15) is 0 Å². The second-order valence-corrected chi connectivity index (χ2v) is 10.9. The number of hydrogen-bond acceptors (Lipinski definition) is 5. The molecule has 0 unspecified atom stereocenters. The molecule has 0 spiro atoms. The lowest BCUT2D eigenvalue weighted by molar-refractivity contribution is -0.116. The molecule has 5 rings (SSSR count). The van der Waals surface area contributed by atoms with E-state index in [0.29, 0.717) is 16.0 Å². The van der Waals surface area contributed by atoms with E-state index < -0.39 is 9.84 Å². The maximum absolute atomic E-state index is 13.2. The molecular formula is C25H21N3O3S2. The van der Waals surface area contributed by atoms with E-state index in [0.717, 1.165) is 21.3 Å². The summed E-state index contributed by atoms with van der Waals surface area (Å²) in [6.07, 6.45) is 1.56. The van der Waals surface area contributed by atoms with E-state index in [-0.39, 0.29) is 23.1 Å². The van der Waals surface area contributed by atoms with E-state index in [9.17, 15) is 13.2 Å². The normalized spacial score (nSPS) is 11.8. The van der Waals surface area contributed by atoms with Crippen molar-refractivity contribution in [2.24, 2.45) is 0 Å². The van der Waals surface area contributed by atoms with Gasteiger partial charge >= 0.3 is 0 Å². The molecular weight excluding hydrogens is 454 g/mol. The summed E-state index contributed by atoms with van der Waals surface area (Å²) in [5, 5.41) is 3.98. The first kappa shape index (κ1) is 21.4. The van der Waals surface area contributed by atoms with Gasteiger partial charge in [-0.1, -0.05) is 65.9 Å². The summed E-state index contributed by atoms with van der Waals surface area (Å²) >= 11 is 1.42. The Morgan fingerprint density at radius 3 is 2.61 bits per heavy atom. The molecule has 0 bridgehead atoms. The SMILES string of the molecule is Cc1ccc2nc(NC(=O)Cn3cc(S(=O)(=O)Cc4ccccc4)c4ccccc43)sc2c1. The van der Waals surface area contributed by atoms with E-state index in [1.54, 1.807) is 35.0 Å². The van der Waals surface area contributed by atoms with Crippen LogP contribution in [0.4, 0.5) is 5.13 Å². The van der Waals surface area contributed by atoms with Crippen LogP contribution in [0.3, 0.4) is 0 Å². The molecule has 33 heavy (non-hydrogen) atoms. The number of sulfone groups is 1. The number of fused-ring (bicyclic) bond motifs is 2. The fraction of sp³-hybridized carbons (Fsp3) is 0.120. The van der Waals surface area contributed by atoms with Gasteiger partial charge in [-0.25, -0.2) is 13.4 Å². The van der Waals surface area contributed by atoms with Gasteiger partial charge in [-0.3, -0.25) is 4.79 Å². The summed E-state index contributed by atoms with van der Waals surface area (Å²) in [5.74, 6) is -0.363. The van der Waals surface area contributed by atoms with Crippen LogP contribution in [0.1, 0.15) is 11.1 Å². The average Bonchev–Trinajstić information content (AvgIpc) is 3.35. The topological polar surface area (TPSA) is 81.1 Å². The lowest BCUT2D eigenvalue weighted by Crippen LogP contribution is -2.18. The lowest BCUT2D eigenvalue weighted by Gasteiger charge is -2.05. The van der Waals surface area contributed by atoms with E-state index in [1.165, 1.54) is 11.3 Å². The Bertz CT molecular complexity index is 1590. The third-order valence-corrected chi connectivity index (χ3v) is 8.03. The molecule has 3 aromatic carbocycles. The highest BCUT2D eigenvalue weighted by molar-refractivity contribution is 7.90. The number of benzene rings is 3. The number of anilines is 1. The second-order valence-electron chi connectivity index (χ2n) is 7.92. The van der Waals surface area contributed by atoms with Crippen molar-refractivity contribution in [3.63, 3.8) is 0 Å². The zero-order chi connectivity index (χ0) is 23.0. The minimum Gasteiger partial charge on any atom is -0.337 e. The Balaban J connectivity index is 1.43. The number of nitrogens with one attached hydrogen (secondary N) is 1. The number of aryl methyl sites for hydroxylation is 1. The smallest absolute Gasteiger partial charge is 0.246 e. The molecule has 1 N–H and O–H groups in total. The second kappa shape index (κ2) is 8.46. The van der Waals surface area contributed by atoms with Crippen LogP contribution < -0.4 is 5.32 Å². The van der Waals surface area contributed by atoms with Crippen molar-refractivity contribution in [3.8, 4) is 0 Å². The standard InChI is InChI=1S/C25H21N3O3S2/c1-17-11-12-20-22(13-17)32-25(26-20)27-24(29)15-28-14-23(19-9-5-6-10-21(19)28)33(30,31)16-18-7-3-2-4-8-18/h2-14H,15-16H2,1H3,(H,26,27,29). The number of aromatic nitrogens is 2. The van der Waals surface area contributed by atoms with Crippen LogP contribution >= 0.6 is 11.3 Å². The fourth-order valence-electron chi connectivity index (χ4n) is 3.86. The highest BCUT2D eigenvalue weighted by atomic mass is 32.2. The first-order valence-electron chi connectivity index (χ1n) is 10.4. The zero-order valence-corrected chi connectivity index (χ0v) is 19.5. The van der Waals surface area contributed by atoms with Crippen molar-refractivity contribution in [1.29, 1.82) is 0 Å². The molecule has 0 aliphatic rings. The highest BCUT2D eigenvalue weighted by Crippen LogP contribution is 2.29. The first-order chi connectivity index (χ1) is 15.9. The number of carbonyl (C=O) groups is 1. The number of nitrogens with zero attached hydrogens (tertiary/aromatic N) is 2. The average molecular weight is 476 g/mol. The van der Waals surface area contributed by atoms with Crippen LogP contribution in [0.25, 0.3) is 21.1 Å². The minimum atomic E-state index is -3.60. The number of thiazole rings is 1. The van der Waals surface area contributed by atoms with Crippen LogP contribution in [-0.4, -0.2) is 23.9 Å². The number of carbonyl (C=O) groups excluding carboxylic acids is 1. The molecule has 0 aliphatic carbocycles. The van der Waals surface area contributed by atoms with Crippen molar-refractivity contribution < 1.29 is 13.2 Å². The summed E-state index contributed by atoms with van der Waals surface area (Å²) in [6.45, 7) is 1.99. The summed E-state index contributed by atoms with van der Waals surface area (Å²) in [4.78, 5) is 17.5. The van der Waals surface area contributed by atoms with Crippen molar-refractivity contribution in [2.75, 3.05) is 5.32 Å². The molecule has 0 atom stereocenters. The molecule has 1 amide bonds. The van der Waals surface area contributed by atoms with Crippen LogP contribution in [0.15, 0.2) is 83.9 Å². The van der Waals surface area contributed by atoms with Crippen molar-refractivity contribution in [1.82, 2.24) is 9.55 Å². The fourth-order valence-corrected chi connectivity index (χ4v) is 6.42. The Morgan fingerprint density at radius 2 is 1.79 bits per heavy atom. The monoisotopic (exact) mass is 475 g/mol. The Labute approximate surface area is 195 Å². The molecule has 166 valence electrons. The number of hydrogen-bond donors (Lipinski definition) is 1. The van der Waals surface area contributed by atoms with Gasteiger partial charge in [0.1, 0.15) is 6.54 Å². The summed E-state index contributed by atoms with van der Waals surface area (Å²) in [5.41, 5.74) is 3.38. The van der Waals surface area contributed by atoms with Gasteiger partial charge in [0.2, 0.25) is 5.91 Å². The number of rotatable bonds is 6. The van der Waals surface area contributed by atoms with Crippen molar-refractivity contribution >= 4 is 53.3 Å². The molecule has 0 saturated carbocycles. The van der Waals surface area contributed by atoms with E-state index in [2.05, 4.69) is 10.3 Å². The predicted octanol–water partition coefficient (Wildman–Crippen LogP) is 5.17. The van der Waals surface area contributed by atoms with E-state index in [1.807, 2.05) is 55.5 Å². The molecule has 6 nitrogen and oxygen atoms in total. The third-order valence-electron chi connectivity index (χ3n) is 5.39. The Hall–Kier alpha value is -3.49. The first-order valence-corrected chi connectivity index (χ1v) is 12.9. The molecule has 2 heterocycles. The minimum absolute atomic E-state index is 0.0175. The summed E-state index contributed by atoms with van der Waals surface area (Å²) in [7, 11) is -3.60. The van der Waals surface area contributed by atoms with Crippen molar-refractivity contribution in [3.05, 3.63) is 90.1 Å². The summed E-state index contributed by atoms with van der Waals surface area (Å²) in [6, 6.07) is 22.3. The van der Waals surface area contributed by atoms with Crippen LogP contribution in [0.2, 0.25) is 0 Å². The number of amides is 1. The van der Waals surface area contributed by atoms with Gasteiger partial charge in [-0.05, 0) is 36.2 Å². The zero-order valence-electron chi connectivity index (χ0n) is 17.9. The maximum atomic E-state index is 13.2. The van der Waals surface area contributed by atoms with Gasteiger partial charge in [0, 0.05) is 17.1 Å². The third kappa shape index (κ3) is 4.40. The van der Waals surface area contributed by atoms with Gasteiger partial charge in [-0.15, -0.1) is 0 Å².